The third-order valence-corrected chi connectivity index (χ3v) is 12.3. The molecule has 3 N–H and O–H groups in total. The Balaban J connectivity index is 2.75. The first kappa shape index (κ1) is 68.4. The summed E-state index contributed by atoms with van der Waals surface area (Å²) in [6.07, 6.45) is 54.9. The number of carbonyl (C=O) groups is 4. The standard InChI is InChI=1S/C63H100O12/c1-4-7-10-13-16-19-22-25-27-28-30-32-34-37-40-43-46-49-55(64)71-52-54(73-56(65)50-47-44-41-38-36-33-29-26-23-20-17-14-11-8-5-2)53-72-63-61(59(68)58(67)60(75-63)62(69)70)74-57(66)51-48-45-42-39-35-31-24-21-18-15-12-9-6-3/h8-9,11-12,16-21,25-27,29,31,35-36,38,54,58-61,63,67-68H,4-7,10,13-15,22-24,28,30,32-34,37,39-53H2,1-3H3,(H,69,70)/b11-8-,12-9-,19-16-,20-17-,21-18-,27-25-,29-26-,35-31-,38-36-. The Morgan fingerprint density at radius 3 is 1.32 bits per heavy atom. The first-order valence-corrected chi connectivity index (χ1v) is 28.9. The Bertz CT molecular complexity index is 1720. The van der Waals surface area contributed by atoms with Gasteiger partial charge in [-0.15, -0.1) is 0 Å². The van der Waals surface area contributed by atoms with E-state index in [0.717, 1.165) is 116 Å². The summed E-state index contributed by atoms with van der Waals surface area (Å²) in [6.45, 7) is 5.66. The molecule has 1 fully saturated rings. The molecule has 1 aliphatic heterocycles. The number of carboxylic acid groups (broad SMARTS) is 1. The van der Waals surface area contributed by atoms with Gasteiger partial charge in [0.05, 0.1) is 6.61 Å². The molecule has 0 radical (unpaired) electrons. The molecule has 0 aliphatic carbocycles. The lowest BCUT2D eigenvalue weighted by atomic mass is 9.98. The van der Waals surface area contributed by atoms with Gasteiger partial charge in [0, 0.05) is 19.3 Å². The molecule has 12 nitrogen and oxygen atoms in total. The SMILES string of the molecule is CC/C=C\C/C=C\C/C=C\C/C=C\CCCCC(=O)OC(COC(=O)CCCCCCCCC/C=C\C/C=C\CCCCC)COC1OC(C(=O)O)C(O)C(O)C1OC(=O)CCCCC/C=C\C/C=C\C/C=C\CC. The topological polar surface area (TPSA) is 175 Å². The molecule has 0 saturated carbocycles. The Hall–Kier alpha value is -4.62. The molecule has 1 heterocycles. The highest BCUT2D eigenvalue weighted by atomic mass is 16.7. The fourth-order valence-corrected chi connectivity index (χ4v) is 7.93. The van der Waals surface area contributed by atoms with Crippen LogP contribution in [0.15, 0.2) is 109 Å². The first-order chi connectivity index (χ1) is 36.6. The van der Waals surface area contributed by atoms with Crippen LogP contribution in [0.25, 0.3) is 0 Å². The fraction of sp³-hybridized carbons (Fsp3) is 0.651. The van der Waals surface area contributed by atoms with Gasteiger partial charge >= 0.3 is 23.9 Å². The molecule has 12 heteroatoms. The van der Waals surface area contributed by atoms with Crippen LogP contribution in [0.3, 0.4) is 0 Å². The van der Waals surface area contributed by atoms with Crippen molar-refractivity contribution in [2.75, 3.05) is 13.2 Å². The van der Waals surface area contributed by atoms with E-state index in [1.54, 1.807) is 0 Å². The minimum absolute atomic E-state index is 0.0141. The van der Waals surface area contributed by atoms with Crippen LogP contribution in [-0.4, -0.2) is 89.2 Å². The maximum absolute atomic E-state index is 13.1. The number of esters is 3. The zero-order chi connectivity index (χ0) is 54.7. The molecule has 0 aromatic heterocycles. The molecule has 1 rings (SSSR count). The molecule has 424 valence electrons. The van der Waals surface area contributed by atoms with Gasteiger partial charge in [-0.2, -0.15) is 0 Å². The van der Waals surface area contributed by atoms with Crippen molar-refractivity contribution in [1.29, 1.82) is 0 Å². The normalized spacial score (nSPS) is 19.0. The minimum Gasteiger partial charge on any atom is -0.479 e. The van der Waals surface area contributed by atoms with Crippen LogP contribution in [0, 0.1) is 0 Å². The number of allylic oxidation sites excluding steroid dienone is 18. The predicted molar refractivity (Wildman–Crippen MR) is 303 cm³/mol. The smallest absolute Gasteiger partial charge is 0.335 e. The average molecular weight is 1050 g/mol. The molecule has 1 saturated heterocycles. The highest BCUT2D eigenvalue weighted by molar-refractivity contribution is 5.74. The van der Waals surface area contributed by atoms with Crippen LogP contribution in [0.1, 0.15) is 213 Å². The van der Waals surface area contributed by atoms with Gasteiger partial charge in [-0.25, -0.2) is 4.79 Å². The van der Waals surface area contributed by atoms with Crippen LogP contribution in [0.4, 0.5) is 0 Å². The van der Waals surface area contributed by atoms with Crippen molar-refractivity contribution in [3.63, 3.8) is 0 Å². The monoisotopic (exact) mass is 1050 g/mol. The zero-order valence-corrected chi connectivity index (χ0v) is 46.5. The third-order valence-electron chi connectivity index (χ3n) is 12.3. The summed E-state index contributed by atoms with van der Waals surface area (Å²) < 4.78 is 28.3. The van der Waals surface area contributed by atoms with Gasteiger partial charge in [-0.1, -0.05) is 182 Å². The van der Waals surface area contributed by atoms with Gasteiger partial charge in [0.25, 0.3) is 0 Å². The number of aliphatic hydroxyl groups is 2. The molecule has 0 aromatic rings. The van der Waals surface area contributed by atoms with E-state index in [2.05, 4.69) is 130 Å². The number of aliphatic carboxylic acids is 1. The summed E-state index contributed by atoms with van der Waals surface area (Å²) in [7, 11) is 0. The lowest BCUT2D eigenvalue weighted by Gasteiger charge is -2.40. The van der Waals surface area contributed by atoms with E-state index in [1.165, 1.54) is 38.5 Å². The van der Waals surface area contributed by atoms with Gasteiger partial charge in [-0.05, 0) is 122 Å². The van der Waals surface area contributed by atoms with Crippen LogP contribution in [-0.2, 0) is 42.9 Å². The number of aliphatic hydroxyl groups excluding tert-OH is 2. The Kier molecular flexibility index (Phi) is 45.8. The molecule has 75 heavy (non-hydrogen) atoms. The number of rotatable bonds is 47. The molecule has 0 aromatic carbocycles. The van der Waals surface area contributed by atoms with E-state index in [9.17, 15) is 34.5 Å². The summed E-state index contributed by atoms with van der Waals surface area (Å²) in [5.41, 5.74) is 0. The zero-order valence-electron chi connectivity index (χ0n) is 46.5. The summed E-state index contributed by atoms with van der Waals surface area (Å²) in [4.78, 5) is 51.1. The van der Waals surface area contributed by atoms with Gasteiger partial charge in [0.1, 0.15) is 18.8 Å². The maximum atomic E-state index is 13.1. The summed E-state index contributed by atoms with van der Waals surface area (Å²) in [5.74, 6) is -3.24. The van der Waals surface area contributed by atoms with Crippen LogP contribution >= 0.6 is 0 Å². The highest BCUT2D eigenvalue weighted by Gasteiger charge is 2.50. The lowest BCUT2D eigenvalue weighted by molar-refractivity contribution is -0.301. The highest BCUT2D eigenvalue weighted by Crippen LogP contribution is 2.26. The second-order valence-electron chi connectivity index (χ2n) is 19.2. The van der Waals surface area contributed by atoms with Crippen molar-refractivity contribution in [3.8, 4) is 0 Å². The van der Waals surface area contributed by atoms with Crippen molar-refractivity contribution in [2.45, 2.75) is 250 Å². The fourth-order valence-electron chi connectivity index (χ4n) is 7.93. The van der Waals surface area contributed by atoms with Crippen molar-refractivity contribution >= 4 is 23.9 Å². The molecular weight excluding hydrogens is 949 g/mol. The van der Waals surface area contributed by atoms with Crippen LogP contribution in [0.5, 0.6) is 0 Å². The lowest BCUT2D eigenvalue weighted by Crippen LogP contribution is -2.61. The third kappa shape index (κ3) is 40.3. The van der Waals surface area contributed by atoms with Gasteiger partial charge in [-0.3, -0.25) is 14.4 Å². The van der Waals surface area contributed by atoms with E-state index < -0.39 is 67.3 Å². The number of hydrogen-bond donors (Lipinski definition) is 3. The van der Waals surface area contributed by atoms with Gasteiger partial charge in [0.2, 0.25) is 0 Å². The molecule has 0 amide bonds. The Labute approximate surface area is 453 Å². The number of unbranched alkanes of at least 4 members (excludes halogenated alkanes) is 15. The number of carboxylic acids is 1. The minimum atomic E-state index is -1.93. The van der Waals surface area contributed by atoms with E-state index in [0.29, 0.717) is 19.3 Å². The van der Waals surface area contributed by atoms with Crippen LogP contribution in [0.2, 0.25) is 0 Å². The van der Waals surface area contributed by atoms with Gasteiger partial charge < -0.3 is 39.0 Å². The number of hydrogen-bond acceptors (Lipinski definition) is 11. The largest absolute Gasteiger partial charge is 0.479 e. The molecule has 0 bridgehead atoms. The van der Waals surface area contributed by atoms with E-state index in [-0.39, 0.29) is 25.9 Å². The molecular formula is C63H100O12. The molecule has 0 spiro atoms. The van der Waals surface area contributed by atoms with Crippen molar-refractivity contribution in [1.82, 2.24) is 0 Å². The first-order valence-electron chi connectivity index (χ1n) is 28.9. The van der Waals surface area contributed by atoms with Crippen molar-refractivity contribution in [2.24, 2.45) is 0 Å². The average Bonchev–Trinajstić information content (AvgIpc) is 3.39. The summed E-state index contributed by atoms with van der Waals surface area (Å²) >= 11 is 0. The Morgan fingerprint density at radius 1 is 0.453 bits per heavy atom. The molecule has 6 unspecified atom stereocenters. The van der Waals surface area contributed by atoms with Crippen LogP contribution < -0.4 is 0 Å². The Morgan fingerprint density at radius 2 is 0.840 bits per heavy atom. The summed E-state index contributed by atoms with van der Waals surface area (Å²) in [6, 6.07) is 0. The number of carbonyl (C=O) groups excluding carboxylic acids is 3. The van der Waals surface area contributed by atoms with Crippen molar-refractivity contribution in [3.05, 3.63) is 109 Å². The van der Waals surface area contributed by atoms with E-state index >= 15 is 0 Å². The van der Waals surface area contributed by atoms with Crippen molar-refractivity contribution < 1.29 is 58.2 Å². The second-order valence-corrected chi connectivity index (χ2v) is 19.2. The van der Waals surface area contributed by atoms with Gasteiger partial charge in [0.15, 0.2) is 24.6 Å². The van der Waals surface area contributed by atoms with E-state index in [1.807, 2.05) is 0 Å². The molecule has 1 aliphatic rings. The van der Waals surface area contributed by atoms with E-state index in [4.69, 9.17) is 23.7 Å². The number of ether oxygens (including phenoxy) is 5. The maximum Gasteiger partial charge on any atom is 0.335 e. The molecule has 6 atom stereocenters. The predicted octanol–water partition coefficient (Wildman–Crippen LogP) is 14.7. The second kappa shape index (κ2) is 50.2. The quantitative estimate of drug-likeness (QED) is 0.0228. The summed E-state index contributed by atoms with van der Waals surface area (Å²) in [5, 5.41) is 31.4.